The molecule has 0 saturated carbocycles. The lowest BCUT2D eigenvalue weighted by Crippen LogP contribution is -2.20. The van der Waals surface area contributed by atoms with Gasteiger partial charge in [0.1, 0.15) is 12.4 Å². The Kier molecular flexibility index (Phi) is 12.2. The van der Waals surface area contributed by atoms with Crippen molar-refractivity contribution in [1.82, 2.24) is 10.2 Å². The van der Waals surface area contributed by atoms with Crippen LogP contribution in [0.25, 0.3) is 0 Å². The first-order valence-electron chi connectivity index (χ1n) is 7.33. The number of rotatable bonds is 9. The van der Waals surface area contributed by atoms with Crippen molar-refractivity contribution in [1.29, 1.82) is 0 Å². The van der Waals surface area contributed by atoms with Crippen LogP contribution < -0.4 is 10.1 Å². The van der Waals surface area contributed by atoms with E-state index in [0.29, 0.717) is 6.61 Å². The zero-order valence-electron chi connectivity index (χ0n) is 13.7. The predicted molar refractivity (Wildman–Crippen MR) is 104 cm³/mol. The second-order valence-electron chi connectivity index (χ2n) is 5.35. The van der Waals surface area contributed by atoms with Gasteiger partial charge in [0.2, 0.25) is 0 Å². The summed E-state index contributed by atoms with van der Waals surface area (Å²) in [5.41, 5.74) is 1.29. The first kappa shape index (κ1) is 22.2. The van der Waals surface area contributed by atoms with Crippen LogP contribution in [0.4, 0.5) is 0 Å². The molecule has 0 spiro atoms. The molecule has 0 unspecified atom stereocenters. The molecule has 0 fully saturated rings. The Morgan fingerprint density at radius 2 is 1.83 bits per heavy atom. The largest absolute Gasteiger partial charge is 0.488 e. The molecule has 0 aliphatic heterocycles. The van der Waals surface area contributed by atoms with E-state index in [-0.39, 0.29) is 24.8 Å². The van der Waals surface area contributed by atoms with Crippen LogP contribution in [0.5, 0.6) is 5.75 Å². The van der Waals surface area contributed by atoms with E-state index in [4.69, 9.17) is 4.74 Å². The molecule has 3 nitrogen and oxygen atoms in total. The van der Waals surface area contributed by atoms with Gasteiger partial charge in [-0.1, -0.05) is 18.2 Å². The van der Waals surface area contributed by atoms with E-state index < -0.39 is 0 Å². The molecule has 130 valence electrons. The molecule has 1 N–H and O–H groups in total. The molecule has 6 heteroatoms. The van der Waals surface area contributed by atoms with E-state index in [9.17, 15) is 0 Å². The number of benzene rings is 1. The van der Waals surface area contributed by atoms with Gasteiger partial charge in [-0.3, -0.25) is 0 Å². The first-order chi connectivity index (χ1) is 10.2. The highest BCUT2D eigenvalue weighted by Gasteiger charge is 1.98. The molecule has 2 rings (SSSR count). The summed E-state index contributed by atoms with van der Waals surface area (Å²) in [6, 6.07) is 12.5. The average Bonchev–Trinajstić information content (AvgIpc) is 2.99. The third-order valence-electron chi connectivity index (χ3n) is 3.17. The third kappa shape index (κ3) is 9.18. The molecule has 1 heterocycles. The maximum absolute atomic E-state index is 5.76. The summed E-state index contributed by atoms with van der Waals surface area (Å²) in [6.45, 7) is 3.75. The van der Waals surface area contributed by atoms with E-state index in [2.05, 4.69) is 54.0 Å². The van der Waals surface area contributed by atoms with Crippen LogP contribution >= 0.6 is 36.2 Å². The fraction of sp³-hybridized carbons (Fsp3) is 0.412. The van der Waals surface area contributed by atoms with Gasteiger partial charge in [-0.2, -0.15) is 0 Å². The molecule has 0 aliphatic rings. The highest BCUT2D eigenvalue weighted by atomic mass is 35.5. The van der Waals surface area contributed by atoms with Crippen molar-refractivity contribution in [2.24, 2.45) is 0 Å². The number of hydrogen-bond acceptors (Lipinski definition) is 4. The van der Waals surface area contributed by atoms with Crippen molar-refractivity contribution in [2.45, 2.75) is 19.6 Å². The van der Waals surface area contributed by atoms with Crippen LogP contribution in [0, 0.1) is 0 Å². The van der Waals surface area contributed by atoms with E-state index in [0.717, 1.165) is 25.4 Å². The minimum Gasteiger partial charge on any atom is -0.488 e. The maximum atomic E-state index is 5.76. The van der Waals surface area contributed by atoms with Crippen LogP contribution in [0.2, 0.25) is 0 Å². The van der Waals surface area contributed by atoms with Crippen LogP contribution in [0.3, 0.4) is 0 Å². The van der Waals surface area contributed by atoms with Gasteiger partial charge in [0, 0.05) is 11.4 Å². The zero-order valence-corrected chi connectivity index (χ0v) is 16.1. The molecule has 1 aromatic heterocycles. The molecule has 1 aromatic carbocycles. The lowest BCUT2D eigenvalue weighted by atomic mass is 10.2. The van der Waals surface area contributed by atoms with E-state index >= 15 is 0 Å². The van der Waals surface area contributed by atoms with Gasteiger partial charge in [0.05, 0.1) is 0 Å². The van der Waals surface area contributed by atoms with Crippen molar-refractivity contribution in [3.05, 3.63) is 52.2 Å². The van der Waals surface area contributed by atoms with Gasteiger partial charge >= 0.3 is 0 Å². The smallest absolute Gasteiger partial charge is 0.122 e. The van der Waals surface area contributed by atoms with Gasteiger partial charge < -0.3 is 15.0 Å². The minimum atomic E-state index is 0. The number of nitrogens with one attached hydrogen (secondary N) is 1. The normalized spacial score (nSPS) is 10.0. The monoisotopic (exact) mass is 376 g/mol. The Morgan fingerprint density at radius 3 is 2.43 bits per heavy atom. The number of ether oxygens (including phenoxy) is 1. The molecule has 0 atom stereocenters. The molecule has 0 aliphatic carbocycles. The summed E-state index contributed by atoms with van der Waals surface area (Å²) in [5, 5.41) is 5.54. The summed E-state index contributed by atoms with van der Waals surface area (Å²) in [6.07, 6.45) is 1.18. The van der Waals surface area contributed by atoms with Crippen LogP contribution in [-0.2, 0) is 13.2 Å². The topological polar surface area (TPSA) is 24.5 Å². The number of thiophene rings is 1. The van der Waals surface area contributed by atoms with Gasteiger partial charge in [-0.05, 0) is 62.7 Å². The highest BCUT2D eigenvalue weighted by Crippen LogP contribution is 2.16. The minimum absolute atomic E-state index is 0. The van der Waals surface area contributed by atoms with Gasteiger partial charge in [0.15, 0.2) is 0 Å². The fourth-order valence-corrected chi connectivity index (χ4v) is 2.62. The number of halogens is 2. The molecule has 0 amide bonds. The van der Waals surface area contributed by atoms with E-state index in [1.165, 1.54) is 16.9 Å². The van der Waals surface area contributed by atoms with Gasteiger partial charge in [-0.15, -0.1) is 36.2 Å². The predicted octanol–water partition coefficient (Wildman–Crippen LogP) is 4.21. The molecular formula is C17H26Cl2N2OS. The molecular weight excluding hydrogens is 351 g/mol. The lowest BCUT2D eigenvalue weighted by molar-refractivity contribution is 0.309. The van der Waals surface area contributed by atoms with Gasteiger partial charge in [0.25, 0.3) is 0 Å². The Bertz CT molecular complexity index is 504. The zero-order chi connectivity index (χ0) is 14.9. The highest BCUT2D eigenvalue weighted by molar-refractivity contribution is 7.09. The lowest BCUT2D eigenvalue weighted by Gasteiger charge is -2.10. The number of nitrogens with zero attached hydrogens (tertiary/aromatic N) is 1. The summed E-state index contributed by atoms with van der Waals surface area (Å²) >= 11 is 1.72. The summed E-state index contributed by atoms with van der Waals surface area (Å²) < 4.78 is 5.76. The van der Waals surface area contributed by atoms with Crippen LogP contribution in [0.15, 0.2) is 41.8 Å². The third-order valence-corrected chi connectivity index (χ3v) is 4.02. The Labute approximate surface area is 155 Å². The van der Waals surface area contributed by atoms with E-state index in [1.807, 2.05) is 12.1 Å². The van der Waals surface area contributed by atoms with Crippen molar-refractivity contribution in [3.8, 4) is 5.75 Å². The second-order valence-corrected chi connectivity index (χ2v) is 6.38. The van der Waals surface area contributed by atoms with Crippen LogP contribution in [0.1, 0.15) is 16.9 Å². The Balaban J connectivity index is 0.00000242. The Morgan fingerprint density at radius 1 is 1.09 bits per heavy atom. The standard InChI is InChI=1S/C17H24N2OS.2ClH/c1-19(2)11-4-10-18-13-15-6-8-16(9-7-15)20-14-17-5-3-12-21-17;;/h3,5-9,12,18H,4,10-11,13-14H2,1-2H3;2*1H. The molecule has 2 aromatic rings. The average molecular weight is 377 g/mol. The summed E-state index contributed by atoms with van der Waals surface area (Å²) in [5.74, 6) is 0.930. The fourth-order valence-electron chi connectivity index (χ4n) is 2.01. The molecule has 0 radical (unpaired) electrons. The van der Waals surface area contributed by atoms with E-state index in [1.54, 1.807) is 11.3 Å². The maximum Gasteiger partial charge on any atom is 0.122 e. The van der Waals surface area contributed by atoms with Crippen LogP contribution in [-0.4, -0.2) is 32.1 Å². The summed E-state index contributed by atoms with van der Waals surface area (Å²) in [4.78, 5) is 3.46. The van der Waals surface area contributed by atoms with Crippen molar-refractivity contribution in [2.75, 3.05) is 27.2 Å². The molecule has 0 saturated heterocycles. The molecule has 23 heavy (non-hydrogen) atoms. The van der Waals surface area contributed by atoms with Gasteiger partial charge in [-0.25, -0.2) is 0 Å². The van der Waals surface area contributed by atoms with Crippen molar-refractivity contribution < 1.29 is 4.74 Å². The Hall–Kier alpha value is -0.780. The second kappa shape index (κ2) is 12.6. The number of hydrogen-bond donors (Lipinski definition) is 1. The van der Waals surface area contributed by atoms with Crippen molar-refractivity contribution in [3.63, 3.8) is 0 Å². The SMILES string of the molecule is CN(C)CCCNCc1ccc(OCc2cccs2)cc1.Cl.Cl. The first-order valence-corrected chi connectivity index (χ1v) is 8.21. The molecule has 0 bridgehead atoms. The van der Waals surface area contributed by atoms with Crippen molar-refractivity contribution >= 4 is 36.2 Å². The quantitative estimate of drug-likeness (QED) is 0.663. The summed E-state index contributed by atoms with van der Waals surface area (Å²) in [7, 11) is 4.21.